The number of hydrogen-bond acceptors (Lipinski definition) is 2. The Hall–Kier alpha value is -1.76. The van der Waals surface area contributed by atoms with E-state index in [1.54, 1.807) is 0 Å². The predicted molar refractivity (Wildman–Crippen MR) is 81.6 cm³/mol. The first-order valence-corrected chi connectivity index (χ1v) is 6.99. The Labute approximate surface area is 124 Å². The molecular weight excluding hydrogens is 270 g/mol. The highest BCUT2D eigenvalue weighted by molar-refractivity contribution is 6.30. The number of rotatable bonds is 5. The van der Waals surface area contributed by atoms with E-state index in [0.717, 1.165) is 23.6 Å². The summed E-state index contributed by atoms with van der Waals surface area (Å²) in [6, 6.07) is 12.4. The summed E-state index contributed by atoms with van der Waals surface area (Å²) in [5.74, 6) is 0. The molecule has 0 saturated heterocycles. The third kappa shape index (κ3) is 3.86. The minimum Gasteiger partial charge on any atom is -0.342 e. The number of benzene rings is 1. The Bertz CT molecular complexity index is 625. The zero-order chi connectivity index (χ0) is 14.5. The van der Waals surface area contributed by atoms with Crippen molar-refractivity contribution < 1.29 is 0 Å². The molecular formula is C16H18ClN3. The van der Waals surface area contributed by atoms with Crippen LogP contribution < -0.4 is 5.32 Å². The summed E-state index contributed by atoms with van der Waals surface area (Å²) in [6.07, 6.45) is 2.91. The van der Waals surface area contributed by atoms with Crippen molar-refractivity contribution in [2.45, 2.75) is 25.9 Å². The Kier molecular flexibility index (Phi) is 4.84. The van der Waals surface area contributed by atoms with Crippen LogP contribution in [0.3, 0.4) is 0 Å². The van der Waals surface area contributed by atoms with Crippen molar-refractivity contribution in [1.29, 1.82) is 5.26 Å². The fourth-order valence-corrected chi connectivity index (χ4v) is 2.44. The van der Waals surface area contributed by atoms with E-state index < -0.39 is 0 Å². The summed E-state index contributed by atoms with van der Waals surface area (Å²) in [4.78, 5) is 0. The number of aryl methyl sites for hydroxylation is 1. The van der Waals surface area contributed by atoms with Gasteiger partial charge in [-0.15, -0.1) is 0 Å². The molecule has 104 valence electrons. The van der Waals surface area contributed by atoms with Crippen molar-refractivity contribution in [1.82, 2.24) is 9.88 Å². The lowest BCUT2D eigenvalue weighted by Crippen LogP contribution is -2.27. The second-order valence-electron chi connectivity index (χ2n) is 5.07. The topological polar surface area (TPSA) is 40.8 Å². The number of aromatic nitrogens is 1. The molecule has 2 aromatic rings. The van der Waals surface area contributed by atoms with E-state index in [0.29, 0.717) is 11.7 Å². The minimum absolute atomic E-state index is 0.346. The van der Waals surface area contributed by atoms with Crippen LogP contribution in [-0.2, 0) is 20.0 Å². The summed E-state index contributed by atoms with van der Waals surface area (Å²) in [5, 5.41) is 13.2. The molecule has 0 aliphatic heterocycles. The van der Waals surface area contributed by atoms with Crippen LogP contribution in [0.4, 0.5) is 0 Å². The molecule has 0 radical (unpaired) electrons. The molecule has 1 aromatic heterocycles. The standard InChI is InChI=1S/C16H18ClN3/c1-12(6-13-4-3-5-15(17)7-13)19-10-14-8-16(9-18)20(2)11-14/h3-5,7-8,11-12,19H,6,10H2,1-2H3. The maximum atomic E-state index is 8.93. The minimum atomic E-state index is 0.346. The third-order valence-corrected chi connectivity index (χ3v) is 3.50. The Balaban J connectivity index is 1.89. The highest BCUT2D eigenvalue weighted by Gasteiger charge is 2.06. The summed E-state index contributed by atoms with van der Waals surface area (Å²) in [6.45, 7) is 2.91. The molecule has 0 amide bonds. The average Bonchev–Trinajstić information content (AvgIpc) is 2.77. The SMILES string of the molecule is CC(Cc1cccc(Cl)c1)NCc1cc(C#N)n(C)c1. The summed E-state index contributed by atoms with van der Waals surface area (Å²) in [5.41, 5.74) is 3.04. The van der Waals surface area contributed by atoms with E-state index in [2.05, 4.69) is 24.4 Å². The lowest BCUT2D eigenvalue weighted by atomic mass is 10.1. The Morgan fingerprint density at radius 1 is 1.35 bits per heavy atom. The highest BCUT2D eigenvalue weighted by atomic mass is 35.5. The van der Waals surface area contributed by atoms with E-state index in [1.807, 2.05) is 42.1 Å². The van der Waals surface area contributed by atoms with Crippen LogP contribution in [-0.4, -0.2) is 10.6 Å². The average molecular weight is 288 g/mol. The molecule has 0 bridgehead atoms. The number of nitrogens with zero attached hydrogens (tertiary/aromatic N) is 2. The van der Waals surface area contributed by atoms with Crippen LogP contribution in [0, 0.1) is 11.3 Å². The Morgan fingerprint density at radius 2 is 2.15 bits per heavy atom. The molecule has 1 N–H and O–H groups in total. The zero-order valence-corrected chi connectivity index (χ0v) is 12.5. The molecule has 1 unspecified atom stereocenters. The summed E-state index contributed by atoms with van der Waals surface area (Å²) in [7, 11) is 1.89. The van der Waals surface area contributed by atoms with Crippen molar-refractivity contribution in [3.63, 3.8) is 0 Å². The molecule has 0 spiro atoms. The van der Waals surface area contributed by atoms with Gasteiger partial charge in [0.05, 0.1) is 0 Å². The fourth-order valence-electron chi connectivity index (χ4n) is 2.22. The molecule has 2 rings (SSSR count). The fraction of sp³-hybridized carbons (Fsp3) is 0.312. The zero-order valence-electron chi connectivity index (χ0n) is 11.7. The predicted octanol–water partition coefficient (Wildman–Crippen LogP) is 3.27. The van der Waals surface area contributed by atoms with Crippen molar-refractivity contribution in [2.75, 3.05) is 0 Å². The molecule has 0 aliphatic carbocycles. The van der Waals surface area contributed by atoms with Crippen LogP contribution >= 0.6 is 11.6 Å². The Morgan fingerprint density at radius 3 is 2.80 bits per heavy atom. The molecule has 1 aromatic carbocycles. The van der Waals surface area contributed by atoms with Gasteiger partial charge in [-0.25, -0.2) is 0 Å². The quantitative estimate of drug-likeness (QED) is 0.917. The van der Waals surface area contributed by atoms with Gasteiger partial charge in [0.15, 0.2) is 0 Å². The van der Waals surface area contributed by atoms with Gasteiger partial charge < -0.3 is 9.88 Å². The largest absolute Gasteiger partial charge is 0.342 e. The maximum Gasteiger partial charge on any atom is 0.120 e. The highest BCUT2D eigenvalue weighted by Crippen LogP contribution is 2.12. The molecule has 1 heterocycles. The van der Waals surface area contributed by atoms with E-state index >= 15 is 0 Å². The second-order valence-corrected chi connectivity index (χ2v) is 5.51. The first kappa shape index (κ1) is 14.6. The molecule has 4 heteroatoms. The van der Waals surface area contributed by atoms with Gasteiger partial charge in [-0.1, -0.05) is 23.7 Å². The normalized spacial score (nSPS) is 12.1. The maximum absolute atomic E-state index is 8.93. The lowest BCUT2D eigenvalue weighted by Gasteiger charge is -2.13. The number of nitriles is 1. The first-order chi connectivity index (χ1) is 9.58. The van der Waals surface area contributed by atoms with Crippen LogP contribution in [0.15, 0.2) is 36.5 Å². The number of hydrogen-bond donors (Lipinski definition) is 1. The van der Waals surface area contributed by atoms with Gasteiger partial charge in [-0.3, -0.25) is 0 Å². The van der Waals surface area contributed by atoms with E-state index in [1.165, 1.54) is 5.56 Å². The van der Waals surface area contributed by atoms with Crippen molar-refractivity contribution >= 4 is 11.6 Å². The smallest absolute Gasteiger partial charge is 0.120 e. The molecule has 1 atom stereocenters. The summed E-state index contributed by atoms with van der Waals surface area (Å²) < 4.78 is 1.85. The van der Waals surface area contributed by atoms with E-state index in [4.69, 9.17) is 16.9 Å². The van der Waals surface area contributed by atoms with E-state index in [-0.39, 0.29) is 0 Å². The molecule has 0 aliphatic rings. The molecule has 0 saturated carbocycles. The lowest BCUT2D eigenvalue weighted by molar-refractivity contribution is 0.545. The second kappa shape index (κ2) is 6.60. The number of halogens is 1. The monoisotopic (exact) mass is 287 g/mol. The molecule has 3 nitrogen and oxygen atoms in total. The van der Waals surface area contributed by atoms with Gasteiger partial charge in [-0.05, 0) is 42.7 Å². The van der Waals surface area contributed by atoms with Gasteiger partial charge in [0.25, 0.3) is 0 Å². The van der Waals surface area contributed by atoms with Gasteiger partial charge in [0, 0.05) is 30.9 Å². The van der Waals surface area contributed by atoms with Gasteiger partial charge in [-0.2, -0.15) is 5.26 Å². The van der Waals surface area contributed by atoms with Gasteiger partial charge >= 0.3 is 0 Å². The van der Waals surface area contributed by atoms with Gasteiger partial charge in [0.2, 0.25) is 0 Å². The van der Waals surface area contributed by atoms with Gasteiger partial charge in [0.1, 0.15) is 11.8 Å². The summed E-state index contributed by atoms with van der Waals surface area (Å²) >= 11 is 5.98. The van der Waals surface area contributed by atoms with Crippen LogP contribution in [0.5, 0.6) is 0 Å². The van der Waals surface area contributed by atoms with Crippen molar-refractivity contribution in [3.8, 4) is 6.07 Å². The van der Waals surface area contributed by atoms with Crippen molar-refractivity contribution in [3.05, 3.63) is 58.4 Å². The van der Waals surface area contributed by atoms with Crippen LogP contribution in [0.1, 0.15) is 23.7 Å². The van der Waals surface area contributed by atoms with E-state index in [9.17, 15) is 0 Å². The first-order valence-electron chi connectivity index (χ1n) is 6.61. The number of nitrogens with one attached hydrogen (secondary N) is 1. The molecule has 20 heavy (non-hydrogen) atoms. The van der Waals surface area contributed by atoms with Crippen LogP contribution in [0.2, 0.25) is 5.02 Å². The molecule has 0 fully saturated rings. The van der Waals surface area contributed by atoms with Crippen molar-refractivity contribution in [2.24, 2.45) is 7.05 Å². The van der Waals surface area contributed by atoms with Crippen LogP contribution in [0.25, 0.3) is 0 Å². The third-order valence-electron chi connectivity index (χ3n) is 3.26.